The molecule has 1 aromatic rings. The van der Waals surface area contributed by atoms with Crippen LogP contribution in [0.1, 0.15) is 37.2 Å². The fourth-order valence-corrected chi connectivity index (χ4v) is 3.85. The molecule has 2 heterocycles. The summed E-state index contributed by atoms with van der Waals surface area (Å²) < 4.78 is 11.7. The van der Waals surface area contributed by atoms with E-state index in [4.69, 9.17) is 9.47 Å². The fraction of sp³-hybridized carbons (Fsp3) is 0.409. The van der Waals surface area contributed by atoms with E-state index in [1.54, 1.807) is 0 Å². The van der Waals surface area contributed by atoms with Gasteiger partial charge < -0.3 is 9.47 Å². The van der Waals surface area contributed by atoms with E-state index in [0.717, 1.165) is 48.7 Å². The lowest BCUT2D eigenvalue weighted by Gasteiger charge is -2.28. The lowest BCUT2D eigenvalue weighted by atomic mass is 9.87. The molecule has 3 aliphatic rings. The highest BCUT2D eigenvalue weighted by atomic mass is 16.5. The monoisotopic (exact) mass is 351 g/mol. The first-order valence-corrected chi connectivity index (χ1v) is 9.56. The average Bonchev–Trinajstić information content (AvgIpc) is 2.92. The van der Waals surface area contributed by atoms with Gasteiger partial charge in [-0.15, -0.1) is 0 Å². The van der Waals surface area contributed by atoms with Gasteiger partial charge in [-0.2, -0.15) is 0 Å². The van der Waals surface area contributed by atoms with Gasteiger partial charge >= 0.3 is 5.97 Å². The van der Waals surface area contributed by atoms with Gasteiger partial charge in [0.1, 0.15) is 24.0 Å². The number of para-hydroxylation sites is 1. The van der Waals surface area contributed by atoms with Crippen LogP contribution in [0.15, 0.2) is 59.9 Å². The Kier molecular flexibility index (Phi) is 5.21. The van der Waals surface area contributed by atoms with Crippen LogP contribution in [-0.2, 0) is 9.53 Å². The van der Waals surface area contributed by atoms with E-state index in [1.807, 2.05) is 42.5 Å². The Labute approximate surface area is 154 Å². The van der Waals surface area contributed by atoms with Gasteiger partial charge in [0.05, 0.1) is 0 Å². The van der Waals surface area contributed by atoms with E-state index < -0.39 is 5.92 Å². The number of carbonyl (C=O) groups excluding carboxylic acids is 1. The molecule has 0 spiro atoms. The summed E-state index contributed by atoms with van der Waals surface area (Å²) in [5.41, 5.74) is 1.77. The first-order chi connectivity index (χ1) is 12.8. The number of carbonyl (C=O) groups is 1. The molecule has 4 rings (SSSR count). The van der Waals surface area contributed by atoms with Gasteiger partial charge in [-0.25, -0.2) is 0 Å². The third-order valence-electron chi connectivity index (χ3n) is 5.22. The predicted molar refractivity (Wildman–Crippen MR) is 101 cm³/mol. The molecule has 0 amide bonds. The smallest absolute Gasteiger partial charge is 0.318 e. The topological polar surface area (TPSA) is 38.8 Å². The SMILES string of the molecule is O=C(OCCN1CCCCC1)C1C2=C(C=CCC=C2)Oc2ccccc21. The summed E-state index contributed by atoms with van der Waals surface area (Å²) in [6.45, 7) is 3.49. The highest BCUT2D eigenvalue weighted by Gasteiger charge is 2.34. The maximum Gasteiger partial charge on any atom is 0.318 e. The lowest BCUT2D eigenvalue weighted by Crippen LogP contribution is -2.34. The number of rotatable bonds is 4. The Morgan fingerprint density at radius 3 is 2.81 bits per heavy atom. The molecule has 26 heavy (non-hydrogen) atoms. The molecule has 136 valence electrons. The quantitative estimate of drug-likeness (QED) is 0.770. The standard InChI is InChI=1S/C22H25NO3/c24-22(25-16-15-23-13-7-2-8-14-23)21-17-9-3-1-4-11-19(17)26-20-12-6-5-10-18(20)21/h3-6,9-12,21H,1-2,7-8,13-16H2. The second-order valence-corrected chi connectivity index (χ2v) is 7.00. The molecule has 2 aliphatic heterocycles. The van der Waals surface area contributed by atoms with Crippen molar-refractivity contribution in [2.75, 3.05) is 26.2 Å². The number of esters is 1. The molecule has 1 aromatic carbocycles. The second-order valence-electron chi connectivity index (χ2n) is 7.00. The van der Waals surface area contributed by atoms with E-state index in [1.165, 1.54) is 19.3 Å². The molecule has 1 fully saturated rings. The summed E-state index contributed by atoms with van der Waals surface area (Å²) >= 11 is 0. The van der Waals surface area contributed by atoms with Crippen molar-refractivity contribution in [2.24, 2.45) is 0 Å². The van der Waals surface area contributed by atoms with E-state index in [2.05, 4.69) is 11.0 Å². The molecule has 0 N–H and O–H groups in total. The molecule has 4 nitrogen and oxygen atoms in total. The molecule has 1 saturated heterocycles. The Morgan fingerprint density at radius 1 is 1.12 bits per heavy atom. The number of hydrogen-bond acceptors (Lipinski definition) is 4. The highest BCUT2D eigenvalue weighted by Crippen LogP contribution is 2.41. The minimum Gasteiger partial charge on any atom is -0.464 e. The van der Waals surface area contributed by atoms with Gasteiger partial charge in [0.25, 0.3) is 0 Å². The van der Waals surface area contributed by atoms with Gasteiger partial charge in [0.2, 0.25) is 0 Å². The molecule has 0 radical (unpaired) electrons. The van der Waals surface area contributed by atoms with Gasteiger partial charge in [-0.1, -0.05) is 42.8 Å². The molecule has 0 saturated carbocycles. The van der Waals surface area contributed by atoms with Crippen molar-refractivity contribution >= 4 is 5.97 Å². The summed E-state index contributed by atoms with van der Waals surface area (Å²) in [4.78, 5) is 15.4. The maximum atomic E-state index is 13.0. The van der Waals surface area contributed by atoms with Crippen LogP contribution in [0.3, 0.4) is 0 Å². The minimum atomic E-state index is -0.421. The zero-order chi connectivity index (χ0) is 17.8. The van der Waals surface area contributed by atoms with Crippen molar-refractivity contribution in [1.29, 1.82) is 0 Å². The molecule has 1 atom stereocenters. The Morgan fingerprint density at radius 2 is 1.92 bits per heavy atom. The van der Waals surface area contributed by atoms with E-state index in [0.29, 0.717) is 6.61 Å². The van der Waals surface area contributed by atoms with Crippen LogP contribution in [0.4, 0.5) is 0 Å². The van der Waals surface area contributed by atoms with Crippen LogP contribution in [0, 0.1) is 0 Å². The van der Waals surface area contributed by atoms with Crippen molar-refractivity contribution < 1.29 is 14.3 Å². The van der Waals surface area contributed by atoms with Crippen molar-refractivity contribution in [3.63, 3.8) is 0 Å². The Bertz CT molecular complexity index is 756. The fourth-order valence-electron chi connectivity index (χ4n) is 3.85. The van der Waals surface area contributed by atoms with Crippen LogP contribution in [-0.4, -0.2) is 37.1 Å². The highest BCUT2D eigenvalue weighted by molar-refractivity contribution is 5.85. The minimum absolute atomic E-state index is 0.190. The first kappa shape index (κ1) is 17.1. The van der Waals surface area contributed by atoms with Crippen LogP contribution in [0.5, 0.6) is 5.75 Å². The molecule has 0 bridgehead atoms. The normalized spacial score (nSPS) is 22.2. The third kappa shape index (κ3) is 3.61. The average molecular weight is 351 g/mol. The zero-order valence-corrected chi connectivity index (χ0v) is 15.0. The maximum absolute atomic E-state index is 13.0. The van der Waals surface area contributed by atoms with Crippen molar-refractivity contribution in [2.45, 2.75) is 31.6 Å². The van der Waals surface area contributed by atoms with Crippen molar-refractivity contribution in [1.82, 2.24) is 4.90 Å². The number of fused-ring (bicyclic) bond motifs is 1. The van der Waals surface area contributed by atoms with Crippen LogP contribution < -0.4 is 4.74 Å². The van der Waals surface area contributed by atoms with Crippen LogP contribution >= 0.6 is 0 Å². The van der Waals surface area contributed by atoms with Crippen LogP contribution in [0.2, 0.25) is 0 Å². The third-order valence-corrected chi connectivity index (χ3v) is 5.22. The number of likely N-dealkylation sites (tertiary alicyclic amines) is 1. The van der Waals surface area contributed by atoms with Gasteiger partial charge in [0.15, 0.2) is 0 Å². The summed E-state index contributed by atoms with van der Waals surface area (Å²) in [6.07, 6.45) is 12.7. The van der Waals surface area contributed by atoms with Gasteiger partial charge in [-0.05, 0) is 44.5 Å². The van der Waals surface area contributed by atoms with Gasteiger partial charge in [-0.3, -0.25) is 9.69 Å². The molecule has 1 unspecified atom stereocenters. The summed E-state index contributed by atoms with van der Waals surface area (Å²) in [6, 6.07) is 7.74. The predicted octanol–water partition coefficient (Wildman–Crippen LogP) is 3.96. The number of benzene rings is 1. The molecule has 4 heteroatoms. The lowest BCUT2D eigenvalue weighted by molar-refractivity contribution is -0.145. The molecule has 1 aliphatic carbocycles. The Balaban J connectivity index is 1.51. The van der Waals surface area contributed by atoms with E-state index in [9.17, 15) is 4.79 Å². The zero-order valence-electron chi connectivity index (χ0n) is 15.0. The summed E-state index contributed by atoms with van der Waals surface area (Å²) in [5, 5.41) is 0. The van der Waals surface area contributed by atoms with Crippen molar-refractivity contribution in [3.8, 4) is 5.75 Å². The molecular formula is C22H25NO3. The number of piperidine rings is 1. The molecular weight excluding hydrogens is 326 g/mol. The summed E-state index contributed by atoms with van der Waals surface area (Å²) in [7, 11) is 0. The first-order valence-electron chi connectivity index (χ1n) is 9.56. The van der Waals surface area contributed by atoms with E-state index >= 15 is 0 Å². The number of nitrogens with zero attached hydrogens (tertiary/aromatic N) is 1. The van der Waals surface area contributed by atoms with Gasteiger partial charge in [0, 0.05) is 17.7 Å². The Hall–Kier alpha value is -2.33. The summed E-state index contributed by atoms with van der Waals surface area (Å²) in [5.74, 6) is 0.875. The number of ether oxygens (including phenoxy) is 2. The largest absolute Gasteiger partial charge is 0.464 e. The van der Waals surface area contributed by atoms with Crippen LogP contribution in [0.25, 0.3) is 0 Å². The second kappa shape index (κ2) is 7.92. The number of allylic oxidation sites excluding steroid dienone is 4. The number of hydrogen-bond donors (Lipinski definition) is 0. The molecule has 0 aromatic heterocycles. The van der Waals surface area contributed by atoms with E-state index in [-0.39, 0.29) is 5.97 Å². The van der Waals surface area contributed by atoms with Crippen molar-refractivity contribution in [3.05, 3.63) is 65.5 Å².